The second-order valence-corrected chi connectivity index (χ2v) is 11.7. The second-order valence-electron chi connectivity index (χ2n) is 9.31. The summed E-state index contributed by atoms with van der Waals surface area (Å²) in [6.07, 6.45) is 5.03. The topological polar surface area (TPSA) is 83.5 Å². The van der Waals surface area contributed by atoms with Crippen LogP contribution in [0, 0.1) is 6.92 Å². The van der Waals surface area contributed by atoms with Gasteiger partial charge in [-0.05, 0) is 53.9 Å². The zero-order chi connectivity index (χ0) is 26.0. The molecule has 190 valence electrons. The van der Waals surface area contributed by atoms with Crippen molar-refractivity contribution in [3.05, 3.63) is 100 Å². The maximum atomic E-state index is 13.3. The van der Waals surface area contributed by atoms with Crippen LogP contribution in [0.1, 0.15) is 27.0 Å². The fourth-order valence-electron chi connectivity index (χ4n) is 4.69. The van der Waals surface area contributed by atoms with Gasteiger partial charge in [-0.1, -0.05) is 35.9 Å². The van der Waals surface area contributed by atoms with E-state index in [0.717, 1.165) is 36.1 Å². The number of sulfone groups is 1. The second kappa shape index (κ2) is 10.6. The molecule has 1 aliphatic rings. The van der Waals surface area contributed by atoms with E-state index in [1.165, 1.54) is 0 Å². The highest BCUT2D eigenvalue weighted by Gasteiger charge is 2.24. The monoisotopic (exact) mass is 534 g/mol. The van der Waals surface area contributed by atoms with Crippen LogP contribution in [0.2, 0.25) is 5.02 Å². The largest absolute Gasteiger partial charge is 0.336 e. The lowest BCUT2D eigenvalue weighted by Crippen LogP contribution is -2.48. The van der Waals surface area contributed by atoms with Crippen molar-refractivity contribution in [3.8, 4) is 0 Å². The van der Waals surface area contributed by atoms with Crippen molar-refractivity contribution in [2.45, 2.75) is 24.1 Å². The summed E-state index contributed by atoms with van der Waals surface area (Å²) in [6.45, 7) is 5.34. The number of benzene rings is 2. The Kier molecular flexibility index (Phi) is 7.24. The zero-order valence-electron chi connectivity index (χ0n) is 20.5. The molecule has 0 unspecified atom stereocenters. The van der Waals surface area contributed by atoms with Crippen LogP contribution in [0.4, 0.5) is 0 Å². The van der Waals surface area contributed by atoms with Crippen LogP contribution >= 0.6 is 11.6 Å². The molecule has 0 atom stereocenters. The Labute approximate surface area is 221 Å². The average molecular weight is 535 g/mol. The van der Waals surface area contributed by atoms with E-state index in [1.54, 1.807) is 48.8 Å². The number of fused-ring (bicyclic) bond motifs is 1. The average Bonchev–Trinajstić information content (AvgIpc) is 2.89. The van der Waals surface area contributed by atoms with Crippen molar-refractivity contribution in [2.75, 3.05) is 26.2 Å². The predicted molar refractivity (Wildman–Crippen MR) is 144 cm³/mol. The molecule has 1 fully saturated rings. The quantitative estimate of drug-likeness (QED) is 0.361. The molecule has 0 radical (unpaired) electrons. The van der Waals surface area contributed by atoms with E-state index >= 15 is 0 Å². The Bertz CT molecular complexity index is 1560. The molecule has 7 nitrogen and oxygen atoms in total. The summed E-state index contributed by atoms with van der Waals surface area (Å²) in [4.78, 5) is 25.9. The number of aryl methyl sites for hydroxylation is 1. The molecular weight excluding hydrogens is 508 g/mol. The van der Waals surface area contributed by atoms with E-state index in [1.807, 2.05) is 36.2 Å². The third-order valence-corrected chi connectivity index (χ3v) is 8.59. The van der Waals surface area contributed by atoms with Crippen LogP contribution in [0.25, 0.3) is 10.9 Å². The molecule has 0 aliphatic carbocycles. The molecule has 4 aromatic rings. The van der Waals surface area contributed by atoms with Crippen LogP contribution in [-0.4, -0.2) is 60.3 Å². The number of rotatable bonds is 6. The Balaban J connectivity index is 1.25. The summed E-state index contributed by atoms with van der Waals surface area (Å²) < 4.78 is 26.6. The Morgan fingerprint density at radius 2 is 1.78 bits per heavy atom. The van der Waals surface area contributed by atoms with Gasteiger partial charge in [-0.25, -0.2) is 8.42 Å². The van der Waals surface area contributed by atoms with Crippen molar-refractivity contribution in [2.24, 2.45) is 0 Å². The first-order valence-electron chi connectivity index (χ1n) is 12.1. The Morgan fingerprint density at radius 3 is 2.54 bits per heavy atom. The summed E-state index contributed by atoms with van der Waals surface area (Å²) in [6, 6.07) is 16.0. The van der Waals surface area contributed by atoms with E-state index in [2.05, 4.69) is 14.9 Å². The van der Waals surface area contributed by atoms with Crippen molar-refractivity contribution in [3.63, 3.8) is 0 Å². The van der Waals surface area contributed by atoms with Crippen LogP contribution < -0.4 is 0 Å². The van der Waals surface area contributed by atoms with Gasteiger partial charge in [-0.3, -0.25) is 19.7 Å². The summed E-state index contributed by atoms with van der Waals surface area (Å²) in [5.74, 6) is -0.195. The van der Waals surface area contributed by atoms with Gasteiger partial charge < -0.3 is 4.90 Å². The van der Waals surface area contributed by atoms with Crippen LogP contribution in [0.15, 0.2) is 78.1 Å². The molecule has 2 aromatic heterocycles. The molecule has 2 aromatic carbocycles. The highest BCUT2D eigenvalue weighted by atomic mass is 35.5. The van der Waals surface area contributed by atoms with E-state index in [4.69, 9.17) is 11.6 Å². The fraction of sp³-hybridized carbons (Fsp3) is 0.250. The summed E-state index contributed by atoms with van der Waals surface area (Å²) in [5, 5.41) is 1.40. The number of para-hydroxylation sites is 1. The smallest absolute Gasteiger partial charge is 0.253 e. The normalized spacial score (nSPS) is 14.7. The first-order chi connectivity index (χ1) is 17.8. The molecule has 0 spiro atoms. The van der Waals surface area contributed by atoms with E-state index in [0.29, 0.717) is 34.8 Å². The number of hydrogen-bond acceptors (Lipinski definition) is 6. The lowest BCUT2D eigenvalue weighted by Gasteiger charge is -2.34. The maximum Gasteiger partial charge on any atom is 0.253 e. The molecule has 1 aliphatic heterocycles. The van der Waals surface area contributed by atoms with Gasteiger partial charge in [0.2, 0.25) is 0 Å². The molecule has 0 saturated carbocycles. The van der Waals surface area contributed by atoms with Crippen molar-refractivity contribution in [1.29, 1.82) is 0 Å². The van der Waals surface area contributed by atoms with Gasteiger partial charge in [0, 0.05) is 62.3 Å². The van der Waals surface area contributed by atoms with Gasteiger partial charge in [-0.15, -0.1) is 0 Å². The van der Waals surface area contributed by atoms with Gasteiger partial charge in [0.25, 0.3) is 5.91 Å². The van der Waals surface area contributed by atoms with E-state index in [9.17, 15) is 13.2 Å². The van der Waals surface area contributed by atoms with Gasteiger partial charge in [0.15, 0.2) is 9.84 Å². The number of pyridine rings is 2. The van der Waals surface area contributed by atoms with Crippen molar-refractivity contribution < 1.29 is 13.2 Å². The molecule has 1 saturated heterocycles. The molecule has 3 heterocycles. The molecule has 1 amide bonds. The van der Waals surface area contributed by atoms with Crippen LogP contribution in [-0.2, 0) is 22.1 Å². The third kappa shape index (κ3) is 5.66. The van der Waals surface area contributed by atoms with Crippen molar-refractivity contribution >= 4 is 38.2 Å². The number of amides is 1. The van der Waals surface area contributed by atoms with Crippen LogP contribution in [0.3, 0.4) is 0 Å². The molecule has 0 bridgehead atoms. The minimum absolute atomic E-state index is 0.0418. The van der Waals surface area contributed by atoms with E-state index in [-0.39, 0.29) is 16.6 Å². The SMILES string of the molecule is Cc1cc(C(=O)N2CCN(Cc3cncc(Cl)c3)CC2)ccc1CS(=O)(=O)c1cccc2cccnc12. The minimum atomic E-state index is -3.63. The molecule has 9 heteroatoms. The molecular formula is C28H27ClN4O3S. The first-order valence-corrected chi connectivity index (χ1v) is 14.1. The number of aromatic nitrogens is 2. The van der Waals surface area contributed by atoms with Gasteiger partial charge in [-0.2, -0.15) is 0 Å². The number of carbonyl (C=O) groups is 1. The number of carbonyl (C=O) groups excluding carboxylic acids is 1. The number of hydrogen-bond donors (Lipinski definition) is 0. The summed E-state index contributed by atoms with van der Waals surface area (Å²) in [5.41, 5.74) is 3.53. The maximum absolute atomic E-state index is 13.3. The summed E-state index contributed by atoms with van der Waals surface area (Å²) in [7, 11) is -3.63. The molecule has 5 rings (SSSR count). The fourth-order valence-corrected chi connectivity index (χ4v) is 6.53. The summed E-state index contributed by atoms with van der Waals surface area (Å²) >= 11 is 6.04. The van der Waals surface area contributed by atoms with Gasteiger partial charge in [0.1, 0.15) is 0 Å². The van der Waals surface area contributed by atoms with Gasteiger partial charge in [0.05, 0.1) is 21.2 Å². The van der Waals surface area contributed by atoms with Crippen LogP contribution in [0.5, 0.6) is 0 Å². The molecule has 37 heavy (non-hydrogen) atoms. The highest BCUT2D eigenvalue weighted by Crippen LogP contribution is 2.26. The number of nitrogens with zero attached hydrogens (tertiary/aromatic N) is 4. The minimum Gasteiger partial charge on any atom is -0.336 e. The van der Waals surface area contributed by atoms with Crippen molar-refractivity contribution in [1.82, 2.24) is 19.8 Å². The molecule has 0 N–H and O–H groups in total. The number of halogens is 1. The Hall–Kier alpha value is -3.33. The standard InChI is InChI=1S/C28H27ClN4O3S/c1-20-14-23(28(34)33-12-10-32(11-13-33)18-21-15-25(29)17-30-16-21)7-8-24(20)19-37(35,36)26-6-2-4-22-5-3-9-31-27(22)26/h2-9,14-17H,10-13,18-19H2,1H3. The predicted octanol–water partition coefficient (Wildman–Crippen LogP) is 4.52. The Morgan fingerprint density at radius 1 is 1.00 bits per heavy atom. The lowest BCUT2D eigenvalue weighted by molar-refractivity contribution is 0.0628. The highest BCUT2D eigenvalue weighted by molar-refractivity contribution is 7.90. The zero-order valence-corrected chi connectivity index (χ0v) is 22.0. The third-order valence-electron chi connectivity index (χ3n) is 6.69. The number of piperazine rings is 1. The van der Waals surface area contributed by atoms with Gasteiger partial charge >= 0.3 is 0 Å². The first kappa shape index (κ1) is 25.3. The van der Waals surface area contributed by atoms with E-state index < -0.39 is 9.84 Å². The lowest BCUT2D eigenvalue weighted by atomic mass is 10.1.